The van der Waals surface area contributed by atoms with Gasteiger partial charge < -0.3 is 14.8 Å². The van der Waals surface area contributed by atoms with Crippen molar-refractivity contribution in [3.05, 3.63) is 50.6 Å². The van der Waals surface area contributed by atoms with Crippen LogP contribution in [0.4, 0.5) is 0 Å². The van der Waals surface area contributed by atoms with Crippen molar-refractivity contribution < 1.29 is 14.3 Å². The molecule has 0 spiro atoms. The highest BCUT2D eigenvalue weighted by atomic mass is 79.9. The zero-order valence-electron chi connectivity index (χ0n) is 13.8. The van der Waals surface area contributed by atoms with Crippen LogP contribution >= 0.6 is 27.3 Å². The van der Waals surface area contributed by atoms with E-state index in [1.807, 2.05) is 43.5 Å². The fraction of sp³-hybridized carbons (Fsp3) is 0.278. The number of hydrogen-bond acceptors (Lipinski definition) is 4. The van der Waals surface area contributed by atoms with Crippen LogP contribution in [0.5, 0.6) is 11.5 Å². The average Bonchev–Trinajstić information content (AvgIpc) is 2.97. The summed E-state index contributed by atoms with van der Waals surface area (Å²) < 4.78 is 12.0. The third-order valence-electron chi connectivity index (χ3n) is 3.04. The van der Waals surface area contributed by atoms with E-state index >= 15 is 0 Å². The zero-order valence-corrected chi connectivity index (χ0v) is 16.2. The lowest BCUT2D eigenvalue weighted by atomic mass is 10.2. The molecule has 24 heavy (non-hydrogen) atoms. The van der Waals surface area contributed by atoms with Crippen LogP contribution in [0, 0.1) is 0 Å². The van der Waals surface area contributed by atoms with Crippen molar-refractivity contribution in [1.29, 1.82) is 0 Å². The van der Waals surface area contributed by atoms with E-state index in [1.165, 1.54) is 6.08 Å². The Hall–Kier alpha value is -1.79. The number of carbonyl (C=O) groups excluding carboxylic acids is 1. The van der Waals surface area contributed by atoms with Crippen molar-refractivity contribution in [2.75, 3.05) is 7.11 Å². The summed E-state index contributed by atoms with van der Waals surface area (Å²) in [7, 11) is 1.60. The van der Waals surface area contributed by atoms with Crippen molar-refractivity contribution >= 4 is 39.2 Å². The second kappa shape index (κ2) is 8.89. The van der Waals surface area contributed by atoms with Gasteiger partial charge in [0.1, 0.15) is 0 Å². The standard InChI is InChI=1S/C18H20BrNO3S/c1-12(2)23-16-6-4-13(8-17(16)22-3)5-7-18(21)20-10-15-9-14(19)11-24-15/h4-9,11-12H,10H2,1-3H3,(H,20,21). The number of methoxy groups -OCH3 is 1. The highest BCUT2D eigenvalue weighted by Gasteiger charge is 2.07. The molecule has 2 rings (SSSR count). The van der Waals surface area contributed by atoms with E-state index in [2.05, 4.69) is 21.2 Å². The molecule has 6 heteroatoms. The second-order valence-corrected chi connectivity index (χ2v) is 7.27. The van der Waals surface area contributed by atoms with Gasteiger partial charge in [-0.2, -0.15) is 0 Å². The monoisotopic (exact) mass is 409 g/mol. The molecule has 4 nitrogen and oxygen atoms in total. The predicted molar refractivity (Wildman–Crippen MR) is 102 cm³/mol. The van der Waals surface area contributed by atoms with Crippen molar-refractivity contribution in [3.8, 4) is 11.5 Å². The van der Waals surface area contributed by atoms with Crippen LogP contribution in [0.3, 0.4) is 0 Å². The van der Waals surface area contributed by atoms with Gasteiger partial charge >= 0.3 is 0 Å². The van der Waals surface area contributed by atoms with Crippen LogP contribution in [-0.4, -0.2) is 19.1 Å². The molecule has 0 aliphatic heterocycles. The van der Waals surface area contributed by atoms with Crippen LogP contribution in [0.15, 0.2) is 40.2 Å². The molecule has 1 aromatic heterocycles. The molecule has 1 heterocycles. The van der Waals surface area contributed by atoms with Crippen molar-refractivity contribution in [1.82, 2.24) is 5.32 Å². The number of ether oxygens (including phenoxy) is 2. The van der Waals surface area contributed by atoms with Crippen molar-refractivity contribution in [2.24, 2.45) is 0 Å². The molecule has 0 unspecified atom stereocenters. The van der Waals surface area contributed by atoms with Crippen molar-refractivity contribution in [2.45, 2.75) is 26.5 Å². The van der Waals surface area contributed by atoms with Gasteiger partial charge in [0.25, 0.3) is 0 Å². The Morgan fingerprint density at radius 3 is 2.75 bits per heavy atom. The first-order valence-electron chi connectivity index (χ1n) is 7.51. The molecular weight excluding hydrogens is 390 g/mol. The molecule has 0 saturated heterocycles. The lowest BCUT2D eigenvalue weighted by Crippen LogP contribution is -2.19. The van der Waals surface area contributed by atoms with E-state index in [-0.39, 0.29) is 12.0 Å². The second-order valence-electron chi connectivity index (χ2n) is 5.36. The van der Waals surface area contributed by atoms with Gasteiger partial charge in [-0.25, -0.2) is 0 Å². The van der Waals surface area contributed by atoms with Gasteiger partial charge in [-0.3, -0.25) is 4.79 Å². The first-order chi connectivity index (χ1) is 11.5. The Kier molecular flexibility index (Phi) is 6.87. The summed E-state index contributed by atoms with van der Waals surface area (Å²) in [5.41, 5.74) is 0.872. The van der Waals surface area contributed by atoms with E-state index in [0.717, 1.165) is 14.9 Å². The maximum atomic E-state index is 11.9. The van der Waals surface area contributed by atoms with E-state index in [4.69, 9.17) is 9.47 Å². The minimum absolute atomic E-state index is 0.0726. The number of nitrogens with one attached hydrogen (secondary N) is 1. The van der Waals surface area contributed by atoms with E-state index in [1.54, 1.807) is 24.5 Å². The minimum Gasteiger partial charge on any atom is -0.493 e. The van der Waals surface area contributed by atoms with E-state index in [0.29, 0.717) is 18.0 Å². The zero-order chi connectivity index (χ0) is 17.5. The lowest BCUT2D eigenvalue weighted by molar-refractivity contribution is -0.116. The Morgan fingerprint density at radius 2 is 2.12 bits per heavy atom. The van der Waals surface area contributed by atoms with Crippen LogP contribution in [0.2, 0.25) is 0 Å². The Labute approximate surface area is 154 Å². The fourth-order valence-corrected chi connectivity index (χ4v) is 3.38. The molecule has 0 aliphatic carbocycles. The number of rotatable bonds is 7. The first kappa shape index (κ1) is 18.5. The van der Waals surface area contributed by atoms with Gasteiger partial charge in [-0.1, -0.05) is 6.07 Å². The summed E-state index contributed by atoms with van der Waals surface area (Å²) in [6.45, 7) is 4.44. The molecule has 0 saturated carbocycles. The molecular formula is C18H20BrNO3S. The quantitative estimate of drug-likeness (QED) is 0.677. The summed E-state index contributed by atoms with van der Waals surface area (Å²) >= 11 is 5.00. The van der Waals surface area contributed by atoms with Gasteiger partial charge in [0.2, 0.25) is 5.91 Å². The first-order valence-corrected chi connectivity index (χ1v) is 9.18. The third-order valence-corrected chi connectivity index (χ3v) is 4.73. The SMILES string of the molecule is COc1cc(C=CC(=O)NCc2cc(Br)cs2)ccc1OC(C)C. The predicted octanol–water partition coefficient (Wildman–Crippen LogP) is 4.64. The number of carbonyl (C=O) groups is 1. The number of thiophene rings is 1. The molecule has 0 radical (unpaired) electrons. The van der Waals surface area contributed by atoms with Gasteiger partial charge in [0.05, 0.1) is 19.8 Å². The normalized spacial score (nSPS) is 11.0. The van der Waals surface area contributed by atoms with E-state index in [9.17, 15) is 4.79 Å². The molecule has 128 valence electrons. The minimum atomic E-state index is -0.138. The Balaban J connectivity index is 1.96. The topological polar surface area (TPSA) is 47.6 Å². The number of hydrogen-bond donors (Lipinski definition) is 1. The van der Waals surface area contributed by atoms with Gasteiger partial charge in [0, 0.05) is 20.8 Å². The summed E-state index contributed by atoms with van der Waals surface area (Å²) in [5.74, 6) is 1.20. The third kappa shape index (κ3) is 5.69. The number of benzene rings is 1. The molecule has 0 fully saturated rings. The average molecular weight is 410 g/mol. The van der Waals surface area contributed by atoms with Crippen LogP contribution in [-0.2, 0) is 11.3 Å². The van der Waals surface area contributed by atoms with Gasteiger partial charge in [-0.05, 0) is 59.6 Å². The lowest BCUT2D eigenvalue weighted by Gasteiger charge is -2.13. The fourth-order valence-electron chi connectivity index (χ4n) is 1.99. The van der Waals surface area contributed by atoms with Crippen LogP contribution < -0.4 is 14.8 Å². The number of halogens is 1. The highest BCUT2D eigenvalue weighted by Crippen LogP contribution is 2.29. The van der Waals surface area contributed by atoms with Crippen LogP contribution in [0.1, 0.15) is 24.3 Å². The summed E-state index contributed by atoms with van der Waals surface area (Å²) in [4.78, 5) is 13.0. The molecule has 1 amide bonds. The molecule has 1 aromatic carbocycles. The molecule has 1 N–H and O–H groups in total. The van der Waals surface area contributed by atoms with E-state index < -0.39 is 0 Å². The Morgan fingerprint density at radius 1 is 1.33 bits per heavy atom. The molecule has 2 aromatic rings. The molecule has 0 atom stereocenters. The largest absolute Gasteiger partial charge is 0.493 e. The van der Waals surface area contributed by atoms with Gasteiger partial charge in [0.15, 0.2) is 11.5 Å². The van der Waals surface area contributed by atoms with Gasteiger partial charge in [-0.15, -0.1) is 11.3 Å². The highest BCUT2D eigenvalue weighted by molar-refractivity contribution is 9.10. The summed E-state index contributed by atoms with van der Waals surface area (Å²) in [6.07, 6.45) is 3.34. The summed E-state index contributed by atoms with van der Waals surface area (Å²) in [6, 6.07) is 7.57. The molecule has 0 aliphatic rings. The van der Waals surface area contributed by atoms with Crippen molar-refractivity contribution in [3.63, 3.8) is 0 Å². The smallest absolute Gasteiger partial charge is 0.244 e. The van der Waals surface area contributed by atoms with Crippen LogP contribution in [0.25, 0.3) is 6.08 Å². The maximum absolute atomic E-state index is 11.9. The number of amides is 1. The Bertz CT molecular complexity index is 725. The maximum Gasteiger partial charge on any atom is 0.244 e. The summed E-state index contributed by atoms with van der Waals surface area (Å²) in [5, 5.41) is 4.85. The molecule has 0 bridgehead atoms.